The highest BCUT2D eigenvalue weighted by atomic mass is 16.2. The molecule has 3 amide bonds. The van der Waals surface area contributed by atoms with Gasteiger partial charge in [-0.2, -0.15) is 0 Å². The van der Waals surface area contributed by atoms with Crippen molar-refractivity contribution in [2.24, 2.45) is 5.92 Å². The number of amides is 3. The summed E-state index contributed by atoms with van der Waals surface area (Å²) in [5.41, 5.74) is 1.18. The summed E-state index contributed by atoms with van der Waals surface area (Å²) >= 11 is 0. The summed E-state index contributed by atoms with van der Waals surface area (Å²) in [6.07, 6.45) is 6.80. The van der Waals surface area contributed by atoms with Gasteiger partial charge in [-0.3, -0.25) is 14.4 Å². The van der Waals surface area contributed by atoms with E-state index in [1.54, 1.807) is 29.2 Å². The summed E-state index contributed by atoms with van der Waals surface area (Å²) in [6.45, 7) is 3.75. The van der Waals surface area contributed by atoms with E-state index in [1.807, 2.05) is 4.90 Å². The lowest BCUT2D eigenvalue weighted by molar-refractivity contribution is -0.133. The van der Waals surface area contributed by atoms with Crippen molar-refractivity contribution in [3.8, 4) is 0 Å². The molecule has 0 radical (unpaired) electrons. The lowest BCUT2D eigenvalue weighted by Crippen LogP contribution is -2.50. The van der Waals surface area contributed by atoms with Gasteiger partial charge in [-0.05, 0) is 30.5 Å². The molecule has 1 N–H and O–H groups in total. The van der Waals surface area contributed by atoms with Gasteiger partial charge < -0.3 is 15.1 Å². The van der Waals surface area contributed by atoms with E-state index in [-0.39, 0.29) is 17.7 Å². The molecule has 0 unspecified atom stereocenters. The fourth-order valence-electron chi connectivity index (χ4n) is 4.06. The second-order valence-corrected chi connectivity index (χ2v) is 7.62. The number of nitrogens with zero attached hydrogens (tertiary/aromatic N) is 2. The van der Waals surface area contributed by atoms with Crippen LogP contribution < -0.4 is 5.32 Å². The van der Waals surface area contributed by atoms with Gasteiger partial charge in [0.15, 0.2) is 0 Å². The Kier molecular flexibility index (Phi) is 6.48. The van der Waals surface area contributed by atoms with Crippen LogP contribution >= 0.6 is 0 Å². The van der Waals surface area contributed by atoms with E-state index in [4.69, 9.17) is 0 Å². The molecule has 27 heavy (non-hydrogen) atoms. The molecule has 1 heterocycles. The first-order valence-electron chi connectivity index (χ1n) is 9.97. The van der Waals surface area contributed by atoms with Crippen LogP contribution in [-0.2, 0) is 9.59 Å². The third-order valence-electron chi connectivity index (χ3n) is 5.59. The van der Waals surface area contributed by atoms with E-state index < -0.39 is 0 Å². The molecule has 146 valence electrons. The minimum absolute atomic E-state index is 0.0553. The number of hydrogen-bond donors (Lipinski definition) is 1. The zero-order chi connectivity index (χ0) is 19.2. The fourth-order valence-corrected chi connectivity index (χ4v) is 4.06. The lowest BCUT2D eigenvalue weighted by Gasteiger charge is -2.35. The van der Waals surface area contributed by atoms with Crippen molar-refractivity contribution in [2.75, 3.05) is 31.5 Å². The molecular formula is C21H29N3O3. The first-order chi connectivity index (χ1) is 13.0. The molecule has 6 heteroatoms. The zero-order valence-electron chi connectivity index (χ0n) is 16.1. The maximum atomic E-state index is 12.7. The van der Waals surface area contributed by atoms with E-state index in [9.17, 15) is 14.4 Å². The van der Waals surface area contributed by atoms with E-state index in [2.05, 4.69) is 5.32 Å². The molecule has 0 bridgehead atoms. The van der Waals surface area contributed by atoms with Crippen molar-refractivity contribution in [3.63, 3.8) is 0 Å². The number of rotatable bonds is 5. The van der Waals surface area contributed by atoms with E-state index in [1.165, 1.54) is 32.6 Å². The van der Waals surface area contributed by atoms with Crippen LogP contribution in [0.2, 0.25) is 0 Å². The number of benzene rings is 1. The Labute approximate surface area is 160 Å². The van der Waals surface area contributed by atoms with Gasteiger partial charge in [-0.1, -0.05) is 31.7 Å². The van der Waals surface area contributed by atoms with Crippen molar-refractivity contribution >= 4 is 23.4 Å². The smallest absolute Gasteiger partial charge is 0.254 e. The summed E-state index contributed by atoms with van der Waals surface area (Å²) < 4.78 is 0. The van der Waals surface area contributed by atoms with Crippen LogP contribution in [0.25, 0.3) is 0 Å². The van der Waals surface area contributed by atoms with Crippen LogP contribution in [0.3, 0.4) is 0 Å². The molecule has 1 aliphatic heterocycles. The topological polar surface area (TPSA) is 69.7 Å². The van der Waals surface area contributed by atoms with Gasteiger partial charge in [0.2, 0.25) is 11.8 Å². The SMILES string of the molecule is CC(=O)Nc1cccc(C(=O)N2CCN(C(=O)CCC3CCCC3)CC2)c1. The third-order valence-corrected chi connectivity index (χ3v) is 5.59. The average Bonchev–Trinajstić information content (AvgIpc) is 3.19. The Hall–Kier alpha value is -2.37. The predicted octanol–water partition coefficient (Wildman–Crippen LogP) is 2.90. The molecule has 2 fully saturated rings. The maximum absolute atomic E-state index is 12.7. The zero-order valence-corrected chi connectivity index (χ0v) is 16.1. The average molecular weight is 371 g/mol. The van der Waals surface area contributed by atoms with Crippen LogP contribution in [0, 0.1) is 5.92 Å². The van der Waals surface area contributed by atoms with E-state index in [0.717, 1.165) is 12.3 Å². The number of piperazine rings is 1. The minimum atomic E-state index is -0.163. The van der Waals surface area contributed by atoms with E-state index >= 15 is 0 Å². The summed E-state index contributed by atoms with van der Waals surface area (Å²) in [6, 6.07) is 6.98. The Balaban J connectivity index is 1.48. The molecule has 2 aliphatic rings. The number of hydrogen-bond acceptors (Lipinski definition) is 3. The normalized spacial score (nSPS) is 17.8. The molecule has 1 saturated carbocycles. The Morgan fingerprint density at radius 3 is 2.37 bits per heavy atom. The first kappa shape index (κ1) is 19.4. The van der Waals surface area contributed by atoms with Gasteiger partial charge in [0.25, 0.3) is 5.91 Å². The monoisotopic (exact) mass is 371 g/mol. The highest BCUT2D eigenvalue weighted by Crippen LogP contribution is 2.28. The Bertz CT molecular complexity index is 690. The number of anilines is 1. The quantitative estimate of drug-likeness (QED) is 0.865. The van der Waals surface area contributed by atoms with Crippen LogP contribution in [0.1, 0.15) is 55.8 Å². The van der Waals surface area contributed by atoms with Crippen molar-refractivity contribution < 1.29 is 14.4 Å². The second-order valence-electron chi connectivity index (χ2n) is 7.62. The Morgan fingerprint density at radius 2 is 1.70 bits per heavy atom. The van der Waals surface area contributed by atoms with Crippen molar-refractivity contribution in [1.82, 2.24) is 9.80 Å². The first-order valence-corrected chi connectivity index (χ1v) is 9.97. The molecule has 1 aliphatic carbocycles. The second kappa shape index (κ2) is 9.02. The van der Waals surface area contributed by atoms with Crippen molar-refractivity contribution in [3.05, 3.63) is 29.8 Å². The lowest BCUT2D eigenvalue weighted by atomic mass is 10.0. The molecule has 1 aromatic carbocycles. The Morgan fingerprint density at radius 1 is 1.04 bits per heavy atom. The summed E-state index contributed by atoms with van der Waals surface area (Å²) in [7, 11) is 0. The number of carbonyl (C=O) groups excluding carboxylic acids is 3. The minimum Gasteiger partial charge on any atom is -0.339 e. The standard InChI is InChI=1S/C21H29N3O3/c1-16(25)22-19-8-4-7-18(15-19)21(27)24-13-11-23(12-14-24)20(26)10-9-17-5-2-3-6-17/h4,7-8,15,17H,2-3,5-6,9-14H2,1H3,(H,22,25). The number of nitrogens with one attached hydrogen (secondary N) is 1. The number of carbonyl (C=O) groups is 3. The largest absolute Gasteiger partial charge is 0.339 e. The molecule has 6 nitrogen and oxygen atoms in total. The van der Waals surface area contributed by atoms with Gasteiger partial charge in [0.1, 0.15) is 0 Å². The van der Waals surface area contributed by atoms with Crippen LogP contribution in [0.5, 0.6) is 0 Å². The molecular weight excluding hydrogens is 342 g/mol. The van der Waals surface area contributed by atoms with Crippen LogP contribution in [-0.4, -0.2) is 53.7 Å². The fraction of sp³-hybridized carbons (Fsp3) is 0.571. The molecule has 1 aromatic rings. The molecule has 0 spiro atoms. The molecule has 0 atom stereocenters. The highest BCUT2D eigenvalue weighted by Gasteiger charge is 2.25. The van der Waals surface area contributed by atoms with Crippen LogP contribution in [0.15, 0.2) is 24.3 Å². The van der Waals surface area contributed by atoms with Gasteiger partial charge in [0, 0.05) is 50.8 Å². The predicted molar refractivity (Wildman–Crippen MR) is 104 cm³/mol. The summed E-state index contributed by atoms with van der Waals surface area (Å²) in [4.78, 5) is 40.0. The summed E-state index contributed by atoms with van der Waals surface area (Å²) in [5, 5.41) is 2.70. The van der Waals surface area contributed by atoms with Crippen molar-refractivity contribution in [2.45, 2.75) is 45.4 Å². The molecule has 0 aromatic heterocycles. The van der Waals surface area contributed by atoms with Gasteiger partial charge in [-0.25, -0.2) is 0 Å². The van der Waals surface area contributed by atoms with Crippen molar-refractivity contribution in [1.29, 1.82) is 0 Å². The molecule has 1 saturated heterocycles. The maximum Gasteiger partial charge on any atom is 0.254 e. The summed E-state index contributed by atoms with van der Waals surface area (Å²) in [5.74, 6) is 0.735. The van der Waals surface area contributed by atoms with Crippen LogP contribution in [0.4, 0.5) is 5.69 Å². The molecule has 3 rings (SSSR count). The third kappa shape index (κ3) is 5.31. The van der Waals surface area contributed by atoms with E-state index in [0.29, 0.717) is 43.9 Å². The van der Waals surface area contributed by atoms with Gasteiger partial charge in [0.05, 0.1) is 0 Å². The highest BCUT2D eigenvalue weighted by molar-refractivity contribution is 5.97. The van der Waals surface area contributed by atoms with Gasteiger partial charge in [-0.15, -0.1) is 0 Å². The van der Waals surface area contributed by atoms with Gasteiger partial charge >= 0.3 is 0 Å².